The van der Waals surface area contributed by atoms with E-state index in [0.717, 1.165) is 12.8 Å². The first-order valence-corrected chi connectivity index (χ1v) is 9.64. The number of nitrogens with zero attached hydrogens (tertiary/aromatic N) is 1. The fourth-order valence-electron chi connectivity index (χ4n) is 5.49. The molecular formula is C19H27NO6. The SMILES string of the molecule is CO[C@@H]1CCC(=O)N2[C@@H](CC[C@H]2[C@H]2C[C@@H](C)C(=O)O2)[C@]12C[C@H](C)C(=O)O2. The lowest BCUT2D eigenvalue weighted by Crippen LogP contribution is -2.58. The summed E-state index contributed by atoms with van der Waals surface area (Å²) in [5, 5.41) is 0. The van der Waals surface area contributed by atoms with Crippen molar-refractivity contribution in [3.05, 3.63) is 0 Å². The Balaban J connectivity index is 1.68. The van der Waals surface area contributed by atoms with Gasteiger partial charge in [0.25, 0.3) is 0 Å². The van der Waals surface area contributed by atoms with Crippen molar-refractivity contribution in [1.29, 1.82) is 0 Å². The van der Waals surface area contributed by atoms with Crippen molar-refractivity contribution in [2.24, 2.45) is 11.8 Å². The Morgan fingerprint density at radius 3 is 2.42 bits per heavy atom. The van der Waals surface area contributed by atoms with E-state index in [1.807, 2.05) is 18.7 Å². The zero-order chi connectivity index (χ0) is 18.6. The Kier molecular flexibility index (Phi) is 4.25. The topological polar surface area (TPSA) is 82.1 Å². The molecule has 7 heteroatoms. The van der Waals surface area contributed by atoms with Gasteiger partial charge in [0.1, 0.15) is 6.10 Å². The molecule has 0 saturated carbocycles. The number of hydrogen-bond donors (Lipinski definition) is 0. The first-order valence-electron chi connectivity index (χ1n) is 9.64. The molecule has 4 saturated heterocycles. The third-order valence-corrected chi connectivity index (χ3v) is 6.73. The molecule has 7 atom stereocenters. The molecule has 7 nitrogen and oxygen atoms in total. The van der Waals surface area contributed by atoms with Crippen LogP contribution < -0.4 is 0 Å². The van der Waals surface area contributed by atoms with E-state index < -0.39 is 5.60 Å². The second kappa shape index (κ2) is 6.22. The molecule has 4 rings (SSSR count). The third-order valence-electron chi connectivity index (χ3n) is 6.73. The summed E-state index contributed by atoms with van der Waals surface area (Å²) in [6, 6.07) is -0.348. The monoisotopic (exact) mass is 365 g/mol. The van der Waals surface area contributed by atoms with Gasteiger partial charge in [0.2, 0.25) is 5.91 Å². The zero-order valence-corrected chi connectivity index (χ0v) is 15.6. The molecule has 4 heterocycles. The smallest absolute Gasteiger partial charge is 0.309 e. The van der Waals surface area contributed by atoms with E-state index in [1.54, 1.807) is 7.11 Å². The summed E-state index contributed by atoms with van der Waals surface area (Å²) in [4.78, 5) is 39.0. The lowest BCUT2D eigenvalue weighted by Gasteiger charge is -2.42. The highest BCUT2D eigenvalue weighted by Gasteiger charge is 2.62. The lowest BCUT2D eigenvalue weighted by atomic mass is 9.81. The van der Waals surface area contributed by atoms with Crippen molar-refractivity contribution in [1.82, 2.24) is 4.90 Å². The average molecular weight is 365 g/mol. The second-order valence-electron chi connectivity index (χ2n) is 8.32. The molecule has 0 bridgehead atoms. The van der Waals surface area contributed by atoms with Crippen molar-refractivity contribution >= 4 is 17.8 Å². The Hall–Kier alpha value is -1.63. The first kappa shape index (κ1) is 17.8. The summed E-state index contributed by atoms with van der Waals surface area (Å²) in [5.74, 6) is -0.698. The standard InChI is InChI=1S/C19H27NO6/c1-10-8-13(25-17(10)22)12-4-5-14-19(9-11(2)18(23)26-19)15(24-3)6-7-16(21)20(12)14/h10-15H,4-9H2,1-3H3/t10-,11+,12+,13-,14+,15-,19-/m1/s1. The number of ether oxygens (including phenoxy) is 3. The van der Waals surface area contributed by atoms with Crippen LogP contribution >= 0.6 is 0 Å². The summed E-state index contributed by atoms with van der Waals surface area (Å²) < 4.78 is 17.2. The van der Waals surface area contributed by atoms with Gasteiger partial charge >= 0.3 is 11.9 Å². The molecule has 0 aliphatic carbocycles. The van der Waals surface area contributed by atoms with E-state index in [9.17, 15) is 14.4 Å². The molecule has 1 amide bonds. The van der Waals surface area contributed by atoms with E-state index in [2.05, 4.69) is 0 Å². The lowest BCUT2D eigenvalue weighted by molar-refractivity contribution is -0.174. The molecule has 0 radical (unpaired) electrons. The molecule has 4 aliphatic heterocycles. The van der Waals surface area contributed by atoms with Crippen molar-refractivity contribution in [2.45, 2.75) is 82.3 Å². The maximum Gasteiger partial charge on any atom is 0.309 e. The second-order valence-corrected chi connectivity index (χ2v) is 8.32. The van der Waals surface area contributed by atoms with Gasteiger partial charge in [-0.1, -0.05) is 13.8 Å². The molecule has 4 fully saturated rings. The quantitative estimate of drug-likeness (QED) is 0.689. The molecule has 0 unspecified atom stereocenters. The van der Waals surface area contributed by atoms with Crippen LogP contribution in [0.25, 0.3) is 0 Å². The number of carbonyl (C=O) groups excluding carboxylic acids is 3. The average Bonchev–Trinajstić information content (AvgIpc) is 3.24. The molecule has 4 aliphatic rings. The number of esters is 2. The van der Waals surface area contributed by atoms with Crippen molar-refractivity contribution < 1.29 is 28.6 Å². The number of cyclic esters (lactones) is 1. The largest absolute Gasteiger partial charge is 0.460 e. The summed E-state index contributed by atoms with van der Waals surface area (Å²) >= 11 is 0. The van der Waals surface area contributed by atoms with Gasteiger partial charge in [0.05, 0.1) is 30.0 Å². The predicted octanol–water partition coefficient (Wildman–Crippen LogP) is 1.43. The van der Waals surface area contributed by atoms with Gasteiger partial charge in [0, 0.05) is 20.0 Å². The van der Waals surface area contributed by atoms with Crippen LogP contribution in [0.5, 0.6) is 0 Å². The molecule has 26 heavy (non-hydrogen) atoms. The first-order chi connectivity index (χ1) is 12.4. The van der Waals surface area contributed by atoms with Crippen LogP contribution in [0.4, 0.5) is 0 Å². The Morgan fingerprint density at radius 2 is 1.85 bits per heavy atom. The van der Waals surface area contributed by atoms with Crippen molar-refractivity contribution in [3.8, 4) is 0 Å². The van der Waals surface area contributed by atoms with Crippen LogP contribution in [-0.2, 0) is 28.6 Å². The summed E-state index contributed by atoms with van der Waals surface area (Å²) in [5.41, 5.74) is -0.791. The normalized spacial score (nSPS) is 45.7. The highest BCUT2D eigenvalue weighted by Crippen LogP contribution is 2.49. The van der Waals surface area contributed by atoms with E-state index in [1.165, 1.54) is 0 Å². The van der Waals surface area contributed by atoms with Gasteiger partial charge in [-0.2, -0.15) is 0 Å². The van der Waals surface area contributed by atoms with Crippen LogP contribution in [-0.4, -0.2) is 59.7 Å². The predicted molar refractivity (Wildman–Crippen MR) is 90.0 cm³/mol. The van der Waals surface area contributed by atoms with Crippen LogP contribution in [0.1, 0.15) is 52.4 Å². The fourth-order valence-corrected chi connectivity index (χ4v) is 5.49. The fraction of sp³-hybridized carbons (Fsp3) is 0.842. The van der Waals surface area contributed by atoms with Crippen LogP contribution in [0.15, 0.2) is 0 Å². The number of carbonyl (C=O) groups is 3. The highest BCUT2D eigenvalue weighted by atomic mass is 16.6. The van der Waals surface area contributed by atoms with E-state index in [0.29, 0.717) is 25.7 Å². The van der Waals surface area contributed by atoms with E-state index >= 15 is 0 Å². The van der Waals surface area contributed by atoms with Crippen LogP contribution in [0, 0.1) is 11.8 Å². The third kappa shape index (κ3) is 2.47. The number of rotatable bonds is 2. The molecular weight excluding hydrogens is 338 g/mol. The Bertz CT molecular complexity index is 636. The maximum atomic E-state index is 13.0. The van der Waals surface area contributed by atoms with Gasteiger partial charge in [0.15, 0.2) is 5.60 Å². The molecule has 144 valence electrons. The summed E-state index contributed by atoms with van der Waals surface area (Å²) in [6.45, 7) is 3.73. The van der Waals surface area contributed by atoms with Gasteiger partial charge in [-0.05, 0) is 25.7 Å². The molecule has 0 aromatic rings. The van der Waals surface area contributed by atoms with Gasteiger partial charge in [-0.15, -0.1) is 0 Å². The zero-order valence-electron chi connectivity index (χ0n) is 15.6. The van der Waals surface area contributed by atoms with E-state index in [4.69, 9.17) is 14.2 Å². The minimum absolute atomic E-state index is 0.0441. The Labute approximate surface area is 153 Å². The van der Waals surface area contributed by atoms with Crippen molar-refractivity contribution in [3.63, 3.8) is 0 Å². The highest BCUT2D eigenvalue weighted by molar-refractivity contribution is 5.80. The maximum absolute atomic E-state index is 13.0. The van der Waals surface area contributed by atoms with Gasteiger partial charge in [-0.3, -0.25) is 14.4 Å². The van der Waals surface area contributed by atoms with E-state index in [-0.39, 0.29) is 54.0 Å². The molecule has 0 aromatic heterocycles. The van der Waals surface area contributed by atoms with Gasteiger partial charge < -0.3 is 19.1 Å². The number of methoxy groups -OCH3 is 1. The number of amides is 1. The Morgan fingerprint density at radius 1 is 1.08 bits per heavy atom. The summed E-state index contributed by atoms with van der Waals surface area (Å²) in [6.07, 6.45) is 3.02. The number of fused-ring (bicyclic) bond motifs is 2. The molecule has 0 N–H and O–H groups in total. The number of hydrogen-bond acceptors (Lipinski definition) is 6. The molecule has 0 aromatic carbocycles. The molecule has 1 spiro atoms. The van der Waals surface area contributed by atoms with Crippen LogP contribution in [0.3, 0.4) is 0 Å². The van der Waals surface area contributed by atoms with Crippen molar-refractivity contribution in [2.75, 3.05) is 7.11 Å². The summed E-state index contributed by atoms with van der Waals surface area (Å²) in [7, 11) is 1.62. The van der Waals surface area contributed by atoms with Gasteiger partial charge in [-0.25, -0.2) is 0 Å². The minimum Gasteiger partial charge on any atom is -0.460 e. The minimum atomic E-state index is -0.791. The van der Waals surface area contributed by atoms with Crippen LogP contribution in [0.2, 0.25) is 0 Å².